The third-order valence-electron chi connectivity index (χ3n) is 4.86. The first-order chi connectivity index (χ1) is 8.48. The molecule has 0 aromatic rings. The molecule has 1 atom stereocenters. The molecule has 1 heterocycles. The van der Waals surface area contributed by atoms with Crippen LogP contribution in [0.5, 0.6) is 0 Å². The molecule has 2 rings (SSSR count). The fraction of sp³-hybridized carbons (Fsp3) is 1.00. The van der Waals surface area contributed by atoms with Crippen molar-refractivity contribution in [1.82, 2.24) is 10.2 Å². The van der Waals surface area contributed by atoms with Crippen LogP contribution in [-0.4, -0.2) is 36.1 Å². The molecule has 1 unspecified atom stereocenters. The van der Waals surface area contributed by atoms with E-state index in [0.29, 0.717) is 11.5 Å². The van der Waals surface area contributed by atoms with Crippen molar-refractivity contribution < 1.29 is 0 Å². The van der Waals surface area contributed by atoms with Crippen LogP contribution in [0.3, 0.4) is 0 Å². The van der Waals surface area contributed by atoms with Gasteiger partial charge in [-0.15, -0.1) is 0 Å². The van der Waals surface area contributed by atoms with Crippen molar-refractivity contribution >= 4 is 0 Å². The molecular weight excluding hydrogens is 220 g/mol. The van der Waals surface area contributed by atoms with Crippen LogP contribution in [0.25, 0.3) is 0 Å². The van der Waals surface area contributed by atoms with Gasteiger partial charge in [0.05, 0.1) is 0 Å². The van der Waals surface area contributed by atoms with Crippen molar-refractivity contribution in [3.05, 3.63) is 0 Å². The van der Waals surface area contributed by atoms with Crippen LogP contribution < -0.4 is 5.32 Å². The highest BCUT2D eigenvalue weighted by atomic mass is 15.2. The van der Waals surface area contributed by atoms with Crippen molar-refractivity contribution in [3.8, 4) is 0 Å². The lowest BCUT2D eigenvalue weighted by atomic mass is 9.90. The molecule has 1 aliphatic carbocycles. The molecule has 106 valence electrons. The molecule has 1 N–H and O–H groups in total. The predicted octanol–water partition coefficient (Wildman–Crippen LogP) is 3.42. The van der Waals surface area contributed by atoms with Gasteiger partial charge in [-0.2, -0.15) is 0 Å². The molecule has 0 amide bonds. The van der Waals surface area contributed by atoms with Crippen molar-refractivity contribution in [1.29, 1.82) is 0 Å². The van der Waals surface area contributed by atoms with Gasteiger partial charge in [-0.3, -0.25) is 4.90 Å². The molecule has 18 heavy (non-hydrogen) atoms. The summed E-state index contributed by atoms with van der Waals surface area (Å²) in [7, 11) is 0. The summed E-state index contributed by atoms with van der Waals surface area (Å²) in [5, 5.41) is 3.71. The number of nitrogens with one attached hydrogen (secondary N) is 1. The first-order valence-electron chi connectivity index (χ1n) is 7.97. The molecule has 2 nitrogen and oxygen atoms in total. The quantitative estimate of drug-likeness (QED) is 0.806. The van der Waals surface area contributed by atoms with Crippen LogP contribution in [-0.2, 0) is 0 Å². The minimum absolute atomic E-state index is 0.515. The Hall–Kier alpha value is -0.0800. The summed E-state index contributed by atoms with van der Waals surface area (Å²) in [5.41, 5.74) is 0.515. The Morgan fingerprint density at radius 1 is 1.22 bits per heavy atom. The SMILES string of the molecule is CC(C)N(CCC1CC(C)(C)CN1)C1CCCC1. The lowest BCUT2D eigenvalue weighted by Gasteiger charge is -2.33. The average Bonchev–Trinajstić information content (AvgIpc) is 2.88. The molecule has 1 aliphatic heterocycles. The molecule has 0 radical (unpaired) electrons. The second kappa shape index (κ2) is 5.92. The molecular formula is C16H32N2. The third-order valence-corrected chi connectivity index (χ3v) is 4.86. The standard InChI is InChI=1S/C16H32N2/c1-13(2)18(15-7-5-6-8-15)10-9-14-11-16(3,4)12-17-14/h13-15,17H,5-12H2,1-4H3. The Kier molecular flexibility index (Phi) is 4.71. The number of hydrogen-bond donors (Lipinski definition) is 1. The fourth-order valence-electron chi connectivity index (χ4n) is 3.84. The fourth-order valence-corrected chi connectivity index (χ4v) is 3.84. The summed E-state index contributed by atoms with van der Waals surface area (Å²) in [4.78, 5) is 2.76. The highest BCUT2D eigenvalue weighted by molar-refractivity contribution is 4.89. The highest BCUT2D eigenvalue weighted by Gasteiger charge is 2.31. The van der Waals surface area contributed by atoms with Crippen molar-refractivity contribution in [2.45, 2.75) is 84.3 Å². The van der Waals surface area contributed by atoms with Crippen LogP contribution in [0.1, 0.15) is 66.2 Å². The minimum atomic E-state index is 0.515. The molecule has 0 aromatic heterocycles. The van der Waals surface area contributed by atoms with Crippen LogP contribution in [0, 0.1) is 5.41 Å². The van der Waals surface area contributed by atoms with Crippen LogP contribution in [0.2, 0.25) is 0 Å². The molecule has 1 saturated heterocycles. The van der Waals surface area contributed by atoms with E-state index in [1.807, 2.05) is 0 Å². The summed E-state index contributed by atoms with van der Waals surface area (Å²) in [6.45, 7) is 12.0. The summed E-state index contributed by atoms with van der Waals surface area (Å²) in [5.74, 6) is 0. The van der Waals surface area contributed by atoms with Gasteiger partial charge in [0, 0.05) is 31.2 Å². The van der Waals surface area contributed by atoms with E-state index >= 15 is 0 Å². The van der Waals surface area contributed by atoms with E-state index in [1.165, 1.54) is 51.6 Å². The van der Waals surface area contributed by atoms with Crippen LogP contribution in [0.15, 0.2) is 0 Å². The van der Waals surface area contributed by atoms with Gasteiger partial charge in [0.2, 0.25) is 0 Å². The zero-order chi connectivity index (χ0) is 13.2. The van der Waals surface area contributed by atoms with E-state index in [9.17, 15) is 0 Å². The maximum Gasteiger partial charge on any atom is 0.00979 e. The monoisotopic (exact) mass is 252 g/mol. The van der Waals surface area contributed by atoms with Crippen LogP contribution >= 0.6 is 0 Å². The Labute approximate surface area is 114 Å². The number of rotatable bonds is 5. The second-order valence-corrected chi connectivity index (χ2v) is 7.50. The minimum Gasteiger partial charge on any atom is -0.313 e. The molecule has 0 bridgehead atoms. The van der Waals surface area contributed by atoms with Gasteiger partial charge in [-0.25, -0.2) is 0 Å². The highest BCUT2D eigenvalue weighted by Crippen LogP contribution is 2.30. The maximum absolute atomic E-state index is 3.71. The predicted molar refractivity (Wildman–Crippen MR) is 78.9 cm³/mol. The number of nitrogens with zero attached hydrogens (tertiary/aromatic N) is 1. The molecule has 0 spiro atoms. The van der Waals surface area contributed by atoms with Crippen LogP contribution in [0.4, 0.5) is 0 Å². The summed E-state index contributed by atoms with van der Waals surface area (Å²) in [6.07, 6.45) is 8.44. The van der Waals surface area contributed by atoms with Gasteiger partial charge >= 0.3 is 0 Å². The average molecular weight is 252 g/mol. The molecule has 2 heteroatoms. The Balaban J connectivity index is 1.79. The summed E-state index contributed by atoms with van der Waals surface area (Å²) in [6, 6.07) is 2.34. The Morgan fingerprint density at radius 2 is 1.89 bits per heavy atom. The largest absolute Gasteiger partial charge is 0.313 e. The first kappa shape index (κ1) is 14.3. The summed E-state index contributed by atoms with van der Waals surface area (Å²) >= 11 is 0. The normalized spacial score (nSPS) is 28.7. The molecule has 2 aliphatic rings. The van der Waals surface area contributed by atoms with Gasteiger partial charge in [-0.1, -0.05) is 26.7 Å². The van der Waals surface area contributed by atoms with Gasteiger partial charge in [0.15, 0.2) is 0 Å². The van der Waals surface area contributed by atoms with E-state index < -0.39 is 0 Å². The zero-order valence-corrected chi connectivity index (χ0v) is 12.8. The Bertz CT molecular complexity index is 254. The molecule has 2 fully saturated rings. The topological polar surface area (TPSA) is 15.3 Å². The Morgan fingerprint density at radius 3 is 2.39 bits per heavy atom. The van der Waals surface area contributed by atoms with Gasteiger partial charge in [0.1, 0.15) is 0 Å². The summed E-state index contributed by atoms with van der Waals surface area (Å²) < 4.78 is 0. The first-order valence-corrected chi connectivity index (χ1v) is 7.97. The van der Waals surface area contributed by atoms with Crippen molar-refractivity contribution in [3.63, 3.8) is 0 Å². The molecule has 1 saturated carbocycles. The lowest BCUT2D eigenvalue weighted by molar-refractivity contribution is 0.148. The van der Waals surface area contributed by atoms with E-state index in [0.717, 1.165) is 12.1 Å². The number of hydrogen-bond acceptors (Lipinski definition) is 2. The van der Waals surface area contributed by atoms with Crippen molar-refractivity contribution in [2.75, 3.05) is 13.1 Å². The van der Waals surface area contributed by atoms with Gasteiger partial charge in [-0.05, 0) is 44.9 Å². The molecule has 0 aromatic carbocycles. The van der Waals surface area contributed by atoms with E-state index in [-0.39, 0.29) is 0 Å². The lowest BCUT2D eigenvalue weighted by Crippen LogP contribution is -2.41. The third kappa shape index (κ3) is 3.71. The van der Waals surface area contributed by atoms with Crippen molar-refractivity contribution in [2.24, 2.45) is 5.41 Å². The van der Waals surface area contributed by atoms with Gasteiger partial charge in [0.25, 0.3) is 0 Å². The maximum atomic E-state index is 3.71. The van der Waals surface area contributed by atoms with E-state index in [4.69, 9.17) is 0 Å². The smallest absolute Gasteiger partial charge is 0.00979 e. The zero-order valence-electron chi connectivity index (χ0n) is 12.8. The van der Waals surface area contributed by atoms with Gasteiger partial charge < -0.3 is 5.32 Å². The second-order valence-electron chi connectivity index (χ2n) is 7.50. The van der Waals surface area contributed by atoms with E-state index in [1.54, 1.807) is 0 Å². The van der Waals surface area contributed by atoms with E-state index in [2.05, 4.69) is 37.9 Å².